The Hall–Kier alpha value is -2.87. The van der Waals surface area contributed by atoms with E-state index in [1.54, 1.807) is 21.9 Å². The van der Waals surface area contributed by atoms with Crippen LogP contribution in [-0.2, 0) is 17.6 Å². The molecule has 2 aromatic carbocycles. The number of amides is 2. The summed E-state index contributed by atoms with van der Waals surface area (Å²) < 4.78 is 5.85. The molecular weight excluding hydrogens is 511 g/mol. The van der Waals surface area contributed by atoms with E-state index < -0.39 is 0 Å². The van der Waals surface area contributed by atoms with Crippen LogP contribution in [0.3, 0.4) is 0 Å². The van der Waals surface area contributed by atoms with Gasteiger partial charge in [-0.15, -0.1) is 12.4 Å². The molecule has 0 radical (unpaired) electrons. The van der Waals surface area contributed by atoms with Gasteiger partial charge in [0.15, 0.2) is 5.15 Å². The predicted molar refractivity (Wildman–Crippen MR) is 138 cm³/mol. The molecule has 10 heteroatoms. The van der Waals surface area contributed by atoms with Crippen LogP contribution < -0.4 is 4.74 Å². The Labute approximate surface area is 220 Å². The van der Waals surface area contributed by atoms with Crippen molar-refractivity contribution in [1.29, 1.82) is 0 Å². The van der Waals surface area contributed by atoms with E-state index in [2.05, 4.69) is 9.97 Å². The molecule has 0 atom stereocenters. The number of carbonyl (C=O) groups is 2. The maximum Gasteiger partial charge on any atom is 0.254 e. The number of piperazine rings is 1. The fourth-order valence-electron chi connectivity index (χ4n) is 3.76. The van der Waals surface area contributed by atoms with Crippen LogP contribution in [0.4, 0.5) is 0 Å². The fourth-order valence-corrected chi connectivity index (χ4v) is 4.15. The zero-order valence-corrected chi connectivity index (χ0v) is 21.2. The number of nitrogens with zero attached hydrogens (tertiary/aromatic N) is 4. The van der Waals surface area contributed by atoms with Gasteiger partial charge < -0.3 is 14.5 Å². The minimum absolute atomic E-state index is 0. The second kappa shape index (κ2) is 12.7. The minimum atomic E-state index is -0.0793. The molecule has 1 aliphatic rings. The molecular formula is C25H25Cl3N4O3. The number of ether oxygens (including phenoxy) is 1. The highest BCUT2D eigenvalue weighted by Crippen LogP contribution is 2.18. The van der Waals surface area contributed by atoms with Crippen LogP contribution in [0.15, 0.2) is 60.9 Å². The average molecular weight is 536 g/mol. The van der Waals surface area contributed by atoms with E-state index in [4.69, 9.17) is 27.9 Å². The van der Waals surface area contributed by atoms with Gasteiger partial charge in [-0.2, -0.15) is 0 Å². The standard InChI is InChI=1S/C25H24Cl2N4O3.ClH/c26-20-5-1-3-18(15-20)7-14-34-21-6-2-4-19(16-21)25(33)31-12-10-30(11-13-31)23(32)17-22-24(27)29-9-8-28-22;/h1-6,8-9,15-16H,7,10-14,17H2;1H. The smallest absolute Gasteiger partial charge is 0.254 e. The van der Waals surface area contributed by atoms with Gasteiger partial charge in [-0.1, -0.05) is 41.4 Å². The predicted octanol–water partition coefficient (Wildman–Crippen LogP) is 4.35. The van der Waals surface area contributed by atoms with E-state index in [1.165, 1.54) is 12.4 Å². The molecule has 184 valence electrons. The molecule has 3 aromatic rings. The highest BCUT2D eigenvalue weighted by molar-refractivity contribution is 6.30. The van der Waals surface area contributed by atoms with Gasteiger partial charge in [-0.05, 0) is 35.9 Å². The summed E-state index contributed by atoms with van der Waals surface area (Å²) in [6.45, 7) is 2.31. The lowest BCUT2D eigenvalue weighted by atomic mass is 10.1. The Morgan fingerprint density at radius 3 is 2.37 bits per heavy atom. The monoisotopic (exact) mass is 534 g/mol. The first-order valence-corrected chi connectivity index (χ1v) is 11.7. The summed E-state index contributed by atoms with van der Waals surface area (Å²) in [5.41, 5.74) is 2.11. The summed E-state index contributed by atoms with van der Waals surface area (Å²) >= 11 is 12.0. The van der Waals surface area contributed by atoms with Crippen molar-refractivity contribution in [2.75, 3.05) is 32.8 Å². The van der Waals surface area contributed by atoms with Crippen molar-refractivity contribution in [3.05, 3.63) is 87.9 Å². The third-order valence-electron chi connectivity index (χ3n) is 5.59. The van der Waals surface area contributed by atoms with E-state index in [0.29, 0.717) is 61.2 Å². The number of rotatable bonds is 7. The average Bonchev–Trinajstić information content (AvgIpc) is 2.85. The first-order valence-electron chi connectivity index (χ1n) is 11.0. The fraction of sp³-hybridized carbons (Fsp3) is 0.280. The molecule has 2 heterocycles. The Balaban J connectivity index is 0.00000342. The Morgan fingerprint density at radius 2 is 1.63 bits per heavy atom. The Morgan fingerprint density at radius 1 is 0.914 bits per heavy atom. The third-order valence-corrected chi connectivity index (χ3v) is 6.14. The summed E-state index contributed by atoms with van der Waals surface area (Å²) in [6, 6.07) is 14.8. The van der Waals surface area contributed by atoms with Crippen LogP contribution in [0.2, 0.25) is 10.2 Å². The van der Waals surface area contributed by atoms with Crippen LogP contribution in [0.1, 0.15) is 21.6 Å². The van der Waals surface area contributed by atoms with Gasteiger partial charge in [0.2, 0.25) is 5.91 Å². The zero-order valence-electron chi connectivity index (χ0n) is 18.9. The van der Waals surface area contributed by atoms with Gasteiger partial charge in [-0.3, -0.25) is 14.6 Å². The number of hydrogen-bond donors (Lipinski definition) is 0. The maximum absolute atomic E-state index is 13.0. The summed E-state index contributed by atoms with van der Waals surface area (Å²) in [7, 11) is 0. The molecule has 0 N–H and O–H groups in total. The molecule has 0 saturated carbocycles. The SMILES string of the molecule is Cl.O=C(Cc1nccnc1Cl)N1CCN(C(=O)c2cccc(OCCc3cccc(Cl)c3)c2)CC1. The van der Waals surface area contributed by atoms with Gasteiger partial charge in [0.05, 0.1) is 18.7 Å². The van der Waals surface area contributed by atoms with Crippen LogP contribution in [0, 0.1) is 0 Å². The highest BCUT2D eigenvalue weighted by atomic mass is 35.5. The normalized spacial score (nSPS) is 13.2. The Bertz CT molecular complexity index is 1170. The molecule has 0 aliphatic carbocycles. The van der Waals surface area contributed by atoms with Crippen LogP contribution in [0.5, 0.6) is 5.75 Å². The van der Waals surface area contributed by atoms with Gasteiger partial charge in [0.1, 0.15) is 5.75 Å². The summed E-state index contributed by atoms with van der Waals surface area (Å²) in [6.07, 6.45) is 3.81. The maximum atomic E-state index is 13.0. The van der Waals surface area contributed by atoms with Gasteiger partial charge in [0, 0.05) is 55.6 Å². The van der Waals surface area contributed by atoms with E-state index in [0.717, 1.165) is 5.56 Å². The number of benzene rings is 2. The van der Waals surface area contributed by atoms with Crippen molar-refractivity contribution in [2.24, 2.45) is 0 Å². The molecule has 0 unspecified atom stereocenters. The molecule has 0 bridgehead atoms. The summed E-state index contributed by atoms with van der Waals surface area (Å²) in [5.74, 6) is 0.483. The topological polar surface area (TPSA) is 75.6 Å². The summed E-state index contributed by atoms with van der Waals surface area (Å²) in [5, 5.41) is 0.934. The quantitative estimate of drug-likeness (QED) is 0.450. The first-order chi connectivity index (χ1) is 16.5. The van der Waals surface area contributed by atoms with Gasteiger partial charge >= 0.3 is 0 Å². The molecule has 1 saturated heterocycles. The molecule has 35 heavy (non-hydrogen) atoms. The Kier molecular flexibility index (Phi) is 9.72. The van der Waals surface area contributed by atoms with Crippen molar-refractivity contribution in [3.63, 3.8) is 0 Å². The lowest BCUT2D eigenvalue weighted by molar-refractivity contribution is -0.132. The molecule has 7 nitrogen and oxygen atoms in total. The van der Waals surface area contributed by atoms with Crippen LogP contribution in [-0.4, -0.2) is 64.4 Å². The van der Waals surface area contributed by atoms with E-state index in [-0.39, 0.29) is 35.8 Å². The first kappa shape index (κ1) is 26.7. The number of halogens is 3. The van der Waals surface area contributed by atoms with Crippen LogP contribution >= 0.6 is 35.6 Å². The van der Waals surface area contributed by atoms with Crippen molar-refractivity contribution < 1.29 is 14.3 Å². The molecule has 2 amide bonds. The minimum Gasteiger partial charge on any atom is -0.493 e. The summed E-state index contributed by atoms with van der Waals surface area (Å²) in [4.78, 5) is 37.2. The second-order valence-electron chi connectivity index (χ2n) is 7.90. The molecule has 0 spiro atoms. The molecule has 1 aromatic heterocycles. The molecule has 1 aliphatic heterocycles. The van der Waals surface area contributed by atoms with Gasteiger partial charge in [-0.25, -0.2) is 4.98 Å². The van der Waals surface area contributed by atoms with Crippen molar-refractivity contribution >= 4 is 47.4 Å². The van der Waals surface area contributed by atoms with E-state index in [1.807, 2.05) is 36.4 Å². The largest absolute Gasteiger partial charge is 0.493 e. The van der Waals surface area contributed by atoms with Crippen molar-refractivity contribution in [3.8, 4) is 5.75 Å². The van der Waals surface area contributed by atoms with Crippen LogP contribution in [0.25, 0.3) is 0 Å². The zero-order chi connectivity index (χ0) is 23.9. The molecule has 1 fully saturated rings. The number of carbonyl (C=O) groups excluding carboxylic acids is 2. The van der Waals surface area contributed by atoms with Crippen molar-refractivity contribution in [2.45, 2.75) is 12.8 Å². The van der Waals surface area contributed by atoms with Crippen molar-refractivity contribution in [1.82, 2.24) is 19.8 Å². The number of aromatic nitrogens is 2. The second-order valence-corrected chi connectivity index (χ2v) is 8.69. The van der Waals surface area contributed by atoms with E-state index >= 15 is 0 Å². The lowest BCUT2D eigenvalue weighted by Gasteiger charge is -2.35. The lowest BCUT2D eigenvalue weighted by Crippen LogP contribution is -2.51. The van der Waals surface area contributed by atoms with E-state index in [9.17, 15) is 9.59 Å². The molecule has 4 rings (SSSR count). The third kappa shape index (κ3) is 7.31. The van der Waals surface area contributed by atoms with Gasteiger partial charge in [0.25, 0.3) is 5.91 Å². The highest BCUT2D eigenvalue weighted by Gasteiger charge is 2.25. The number of hydrogen-bond acceptors (Lipinski definition) is 5.